The highest BCUT2D eigenvalue weighted by Crippen LogP contribution is 2.31. The van der Waals surface area contributed by atoms with E-state index in [9.17, 15) is 15.2 Å². The molecule has 7 heteroatoms. The van der Waals surface area contributed by atoms with Crippen LogP contribution in [0.2, 0.25) is 0 Å². The summed E-state index contributed by atoms with van der Waals surface area (Å²) in [4.78, 5) is 9.93. The van der Waals surface area contributed by atoms with Gasteiger partial charge in [-0.25, -0.2) is 0 Å². The van der Waals surface area contributed by atoms with Gasteiger partial charge in [0.15, 0.2) is 11.5 Å². The Morgan fingerprint density at radius 3 is 2.39 bits per heavy atom. The van der Waals surface area contributed by atoms with Gasteiger partial charge < -0.3 is 19.7 Å². The van der Waals surface area contributed by atoms with E-state index in [2.05, 4.69) is 0 Å². The zero-order valence-electron chi connectivity index (χ0n) is 10.1. The van der Waals surface area contributed by atoms with Crippen LogP contribution in [0.5, 0.6) is 11.5 Å². The van der Waals surface area contributed by atoms with Crippen molar-refractivity contribution >= 4 is 0 Å². The predicted molar refractivity (Wildman–Crippen MR) is 62.4 cm³/mol. The summed E-state index contributed by atoms with van der Waals surface area (Å²) in [6, 6.07) is 2.99. The van der Waals surface area contributed by atoms with Gasteiger partial charge in [-0.05, 0) is 17.7 Å². The SMILES string of the molecule is COc1ccc(C(O)C(CO)[N+](=O)[O-])cc1OC. The van der Waals surface area contributed by atoms with Crippen molar-refractivity contribution < 1.29 is 24.6 Å². The van der Waals surface area contributed by atoms with E-state index in [-0.39, 0.29) is 5.56 Å². The van der Waals surface area contributed by atoms with Gasteiger partial charge >= 0.3 is 0 Å². The van der Waals surface area contributed by atoms with Gasteiger partial charge in [-0.2, -0.15) is 0 Å². The molecule has 0 saturated heterocycles. The van der Waals surface area contributed by atoms with Gasteiger partial charge in [-0.15, -0.1) is 0 Å². The van der Waals surface area contributed by atoms with Crippen LogP contribution in [-0.4, -0.2) is 42.0 Å². The molecule has 2 unspecified atom stereocenters. The molecule has 0 radical (unpaired) electrons. The zero-order valence-corrected chi connectivity index (χ0v) is 10.1. The highest BCUT2D eigenvalue weighted by atomic mass is 16.6. The molecule has 1 aromatic carbocycles. The molecule has 0 heterocycles. The van der Waals surface area contributed by atoms with E-state index in [4.69, 9.17) is 14.6 Å². The molecule has 2 atom stereocenters. The second-order valence-corrected chi connectivity index (χ2v) is 3.59. The molecule has 1 aromatic rings. The summed E-state index contributed by atoms with van der Waals surface area (Å²) in [5, 5.41) is 29.4. The van der Waals surface area contributed by atoms with Crippen LogP contribution in [0.25, 0.3) is 0 Å². The first-order valence-electron chi connectivity index (χ1n) is 5.19. The van der Waals surface area contributed by atoms with E-state index in [1.165, 1.54) is 32.4 Å². The van der Waals surface area contributed by atoms with E-state index in [1.54, 1.807) is 0 Å². The van der Waals surface area contributed by atoms with Crippen LogP contribution in [0.15, 0.2) is 18.2 Å². The third-order valence-corrected chi connectivity index (χ3v) is 2.57. The summed E-state index contributed by atoms with van der Waals surface area (Å²) < 4.78 is 10.0. The Morgan fingerprint density at radius 2 is 1.94 bits per heavy atom. The molecule has 18 heavy (non-hydrogen) atoms. The van der Waals surface area contributed by atoms with Gasteiger partial charge in [0.05, 0.1) is 14.2 Å². The average Bonchev–Trinajstić information content (AvgIpc) is 2.38. The molecule has 0 aliphatic carbocycles. The zero-order chi connectivity index (χ0) is 13.7. The first-order valence-corrected chi connectivity index (χ1v) is 5.19. The molecular formula is C11H15NO6. The van der Waals surface area contributed by atoms with Gasteiger partial charge in [-0.3, -0.25) is 10.1 Å². The topological polar surface area (TPSA) is 102 Å². The molecule has 0 saturated carbocycles. The third-order valence-electron chi connectivity index (χ3n) is 2.57. The Kier molecular flexibility index (Phi) is 4.87. The number of rotatable bonds is 6. The number of benzene rings is 1. The maximum atomic E-state index is 10.7. The van der Waals surface area contributed by atoms with E-state index in [1.807, 2.05) is 0 Å². The standard InChI is InChI=1S/C11H15NO6/c1-17-9-4-3-7(5-10(9)18-2)11(14)8(6-13)12(15)16/h3-5,8,11,13-14H,6H2,1-2H3. The molecule has 0 aliphatic rings. The Morgan fingerprint density at radius 1 is 1.33 bits per heavy atom. The summed E-state index contributed by atoms with van der Waals surface area (Å²) in [6.07, 6.45) is -1.41. The van der Waals surface area contributed by atoms with E-state index in [0.717, 1.165) is 0 Å². The van der Waals surface area contributed by atoms with Crippen LogP contribution >= 0.6 is 0 Å². The highest BCUT2D eigenvalue weighted by molar-refractivity contribution is 5.43. The summed E-state index contributed by atoms with van der Waals surface area (Å²) in [5.74, 6) is 0.809. The number of nitrogens with zero attached hydrogens (tertiary/aromatic N) is 1. The molecule has 0 aliphatic heterocycles. The van der Waals surface area contributed by atoms with Gasteiger partial charge in [0.2, 0.25) is 0 Å². The lowest BCUT2D eigenvalue weighted by Crippen LogP contribution is -2.31. The summed E-state index contributed by atoms with van der Waals surface area (Å²) in [7, 11) is 2.88. The van der Waals surface area contributed by atoms with E-state index >= 15 is 0 Å². The summed E-state index contributed by atoms with van der Waals surface area (Å²) in [5.41, 5.74) is 0.281. The van der Waals surface area contributed by atoms with Crippen molar-refractivity contribution in [1.29, 1.82) is 0 Å². The molecule has 1 rings (SSSR count). The lowest BCUT2D eigenvalue weighted by atomic mass is 10.0. The van der Waals surface area contributed by atoms with Crippen LogP contribution in [-0.2, 0) is 0 Å². The molecule has 0 amide bonds. The normalized spacial score (nSPS) is 13.8. The van der Waals surface area contributed by atoms with Crippen LogP contribution in [0.1, 0.15) is 11.7 Å². The second kappa shape index (κ2) is 6.18. The summed E-state index contributed by atoms with van der Waals surface area (Å²) >= 11 is 0. The Balaban J connectivity index is 3.05. The third kappa shape index (κ3) is 2.88. The number of nitro groups is 1. The van der Waals surface area contributed by atoms with Crippen molar-refractivity contribution in [3.8, 4) is 11.5 Å². The number of ether oxygens (including phenoxy) is 2. The first kappa shape index (κ1) is 14.2. The average molecular weight is 257 g/mol. The van der Waals surface area contributed by atoms with Gasteiger partial charge in [0.25, 0.3) is 6.04 Å². The molecule has 7 nitrogen and oxygen atoms in total. The molecule has 0 spiro atoms. The molecule has 0 fully saturated rings. The van der Waals surface area contributed by atoms with Crippen molar-refractivity contribution in [3.05, 3.63) is 33.9 Å². The van der Waals surface area contributed by atoms with Crippen LogP contribution < -0.4 is 9.47 Å². The monoisotopic (exact) mass is 257 g/mol. The number of hydrogen-bond acceptors (Lipinski definition) is 6. The fourth-order valence-electron chi connectivity index (χ4n) is 1.54. The van der Waals surface area contributed by atoms with Gasteiger partial charge in [0.1, 0.15) is 12.7 Å². The van der Waals surface area contributed by atoms with E-state index in [0.29, 0.717) is 11.5 Å². The smallest absolute Gasteiger partial charge is 0.265 e. The molecule has 0 bridgehead atoms. The maximum absolute atomic E-state index is 10.7. The molecular weight excluding hydrogens is 242 g/mol. The highest BCUT2D eigenvalue weighted by Gasteiger charge is 2.30. The summed E-state index contributed by atoms with van der Waals surface area (Å²) in [6.45, 7) is -0.748. The quantitative estimate of drug-likeness (QED) is 0.564. The van der Waals surface area contributed by atoms with Crippen molar-refractivity contribution in [1.82, 2.24) is 0 Å². The minimum Gasteiger partial charge on any atom is -0.493 e. The Hall–Kier alpha value is -1.86. The van der Waals surface area contributed by atoms with Crippen molar-refractivity contribution in [2.24, 2.45) is 0 Å². The minimum atomic E-state index is -1.47. The Labute approximate surface area is 104 Å². The van der Waals surface area contributed by atoms with Crippen molar-refractivity contribution in [2.75, 3.05) is 20.8 Å². The maximum Gasteiger partial charge on any atom is 0.265 e. The van der Waals surface area contributed by atoms with Gasteiger partial charge in [-0.1, -0.05) is 6.07 Å². The van der Waals surface area contributed by atoms with Gasteiger partial charge in [0, 0.05) is 4.92 Å². The second-order valence-electron chi connectivity index (χ2n) is 3.59. The fourth-order valence-corrected chi connectivity index (χ4v) is 1.54. The number of methoxy groups -OCH3 is 2. The number of hydrogen-bond donors (Lipinski definition) is 2. The fraction of sp³-hybridized carbons (Fsp3) is 0.455. The lowest BCUT2D eigenvalue weighted by Gasteiger charge is -2.16. The molecule has 2 N–H and O–H groups in total. The minimum absolute atomic E-state index is 0.281. The van der Waals surface area contributed by atoms with E-state index < -0.39 is 23.7 Å². The molecule has 0 aromatic heterocycles. The Bertz CT molecular complexity index is 422. The number of aliphatic hydroxyl groups is 2. The predicted octanol–water partition coefficient (Wildman–Crippen LogP) is 0.375. The van der Waals surface area contributed by atoms with Crippen molar-refractivity contribution in [3.63, 3.8) is 0 Å². The van der Waals surface area contributed by atoms with Crippen LogP contribution in [0, 0.1) is 10.1 Å². The molecule has 100 valence electrons. The van der Waals surface area contributed by atoms with Crippen LogP contribution in [0.3, 0.4) is 0 Å². The van der Waals surface area contributed by atoms with Crippen LogP contribution in [0.4, 0.5) is 0 Å². The lowest BCUT2D eigenvalue weighted by molar-refractivity contribution is -0.539. The van der Waals surface area contributed by atoms with Crippen molar-refractivity contribution in [2.45, 2.75) is 12.1 Å². The first-order chi connectivity index (χ1) is 8.54. The largest absolute Gasteiger partial charge is 0.493 e. The number of aliphatic hydroxyl groups excluding tert-OH is 2.